The number of rotatable bonds is 6. The second-order valence-electron chi connectivity index (χ2n) is 6.01. The van der Waals surface area contributed by atoms with Gasteiger partial charge in [-0.1, -0.05) is 0 Å². The zero-order chi connectivity index (χ0) is 18.0. The molecule has 0 aromatic heterocycles. The summed E-state index contributed by atoms with van der Waals surface area (Å²) in [5.74, 6) is -0.733. The summed E-state index contributed by atoms with van der Waals surface area (Å²) in [6.45, 7) is -0.0381. The van der Waals surface area contributed by atoms with Gasteiger partial charge in [0.25, 0.3) is 0 Å². The van der Waals surface area contributed by atoms with Gasteiger partial charge in [-0.3, -0.25) is 10.1 Å². The molecule has 0 saturated carbocycles. The summed E-state index contributed by atoms with van der Waals surface area (Å²) in [7, 11) is 5.97. The van der Waals surface area contributed by atoms with Crippen molar-refractivity contribution >= 4 is 25.8 Å². The quantitative estimate of drug-likeness (QED) is 0.175. The third-order valence-electron chi connectivity index (χ3n) is 4.36. The number of amides is 1. The minimum atomic E-state index is -1.42. The molecule has 0 spiro atoms. The van der Waals surface area contributed by atoms with E-state index in [4.69, 9.17) is 17.7 Å². The number of non-ortho nitro benzene ring substituents is 1. The van der Waals surface area contributed by atoms with Crippen LogP contribution in [-0.2, 0) is 49.0 Å². The van der Waals surface area contributed by atoms with E-state index in [1.807, 2.05) is 0 Å². The Kier molecular flexibility index (Phi) is 5.91. The number of hydrogen-bond donors (Lipinski definition) is 0. The summed E-state index contributed by atoms with van der Waals surface area (Å²) in [4.78, 5) is 35.7. The Morgan fingerprint density at radius 2 is 2.16 bits per heavy atom. The molecule has 3 unspecified atom stereocenters. The van der Waals surface area contributed by atoms with Crippen LogP contribution in [0.5, 0.6) is 0 Å². The van der Waals surface area contributed by atoms with Gasteiger partial charge >= 0.3 is 150 Å². The monoisotopic (exact) mass is 556 g/mol. The fraction of sp³-hybridized carbons (Fsp3) is 0.467. The summed E-state index contributed by atoms with van der Waals surface area (Å²) < 4.78 is 11.8. The second-order valence-corrected chi connectivity index (χ2v) is 13.0. The number of fused-ring (bicyclic) bond motifs is 1. The zero-order valence-electron chi connectivity index (χ0n) is 13.3. The van der Waals surface area contributed by atoms with Crippen molar-refractivity contribution < 1.29 is 47.3 Å². The van der Waals surface area contributed by atoms with E-state index in [0.717, 1.165) is 10.4 Å². The molecular formula is C15H15ClHgN2O6. The Balaban J connectivity index is 1.60. The SMILES string of the molecule is O=C(OCc1ccc([N+](=O)[O-])cc1)C1OC([CH2][Hg][Cl])CC2CC(=O)N21. The third-order valence-corrected chi connectivity index (χ3v) is 9.63. The van der Waals surface area contributed by atoms with E-state index in [1.54, 1.807) is 0 Å². The number of hydrogen-bond acceptors (Lipinski definition) is 6. The molecule has 3 rings (SSSR count). The van der Waals surface area contributed by atoms with Crippen LogP contribution in [0.25, 0.3) is 0 Å². The van der Waals surface area contributed by atoms with Crippen molar-refractivity contribution in [1.82, 2.24) is 4.90 Å². The number of carbonyl (C=O) groups excluding carboxylic acids is 2. The topological polar surface area (TPSA) is 99.0 Å². The number of nitrogens with zero attached hydrogens (tertiary/aromatic N) is 2. The van der Waals surface area contributed by atoms with Gasteiger partial charge in [-0.25, -0.2) is 0 Å². The number of β-lactam (4-membered cyclic amide) rings is 1. The number of nitro benzene ring substituents is 1. The molecule has 2 aliphatic heterocycles. The molecule has 2 fully saturated rings. The molecule has 1 aromatic rings. The predicted octanol–water partition coefficient (Wildman–Crippen LogP) is 2.01. The molecule has 2 heterocycles. The second kappa shape index (κ2) is 7.97. The van der Waals surface area contributed by atoms with Gasteiger partial charge in [0.15, 0.2) is 0 Å². The van der Waals surface area contributed by atoms with Crippen molar-refractivity contribution in [3.63, 3.8) is 0 Å². The van der Waals surface area contributed by atoms with Crippen LogP contribution in [-0.4, -0.2) is 40.1 Å². The first-order valence-corrected chi connectivity index (χ1v) is 18.6. The Morgan fingerprint density at radius 3 is 2.76 bits per heavy atom. The van der Waals surface area contributed by atoms with Crippen LogP contribution in [0.3, 0.4) is 0 Å². The van der Waals surface area contributed by atoms with Gasteiger partial charge in [0, 0.05) is 0 Å². The minimum absolute atomic E-state index is 0.0276. The van der Waals surface area contributed by atoms with Crippen LogP contribution >= 0.6 is 8.25 Å². The molecule has 8 nitrogen and oxygen atoms in total. The Bertz CT molecular complexity index is 685. The first kappa shape index (κ1) is 18.5. The molecule has 0 N–H and O–H groups in total. The number of benzene rings is 1. The van der Waals surface area contributed by atoms with Gasteiger partial charge in [0.1, 0.15) is 0 Å². The molecule has 1 amide bonds. The molecule has 1 aromatic carbocycles. The average molecular weight is 555 g/mol. The van der Waals surface area contributed by atoms with Crippen molar-refractivity contribution in [1.29, 1.82) is 0 Å². The molecule has 0 radical (unpaired) electrons. The maximum atomic E-state index is 12.4. The van der Waals surface area contributed by atoms with Crippen LogP contribution in [0, 0.1) is 10.1 Å². The summed E-state index contributed by atoms with van der Waals surface area (Å²) >= 11 is -1.42. The Morgan fingerprint density at radius 1 is 1.44 bits per heavy atom. The molecule has 10 heteroatoms. The van der Waals surface area contributed by atoms with Gasteiger partial charge in [-0.05, 0) is 0 Å². The Hall–Kier alpha value is -1.25. The van der Waals surface area contributed by atoms with Gasteiger partial charge in [-0.2, -0.15) is 0 Å². The number of ether oxygens (including phenoxy) is 2. The van der Waals surface area contributed by atoms with E-state index in [1.165, 1.54) is 29.2 Å². The van der Waals surface area contributed by atoms with Gasteiger partial charge in [0.2, 0.25) is 0 Å². The van der Waals surface area contributed by atoms with Gasteiger partial charge in [0.05, 0.1) is 0 Å². The first-order chi connectivity index (χ1) is 12.0. The standard InChI is InChI=1S/C15H15N2O6.ClH.Hg/c1-9-6-12-7-13(18)16(12)14(23-9)15(19)22-8-10-2-4-11(5-3-10)17(20)21;;/h2-5,9,12,14H,1,6-8H2;1H;/q;;+1/p-1. The Labute approximate surface area is 159 Å². The van der Waals surface area contributed by atoms with Crippen LogP contribution in [0.4, 0.5) is 5.69 Å². The van der Waals surface area contributed by atoms with Crippen LogP contribution in [0.1, 0.15) is 18.4 Å². The number of halogens is 1. The zero-order valence-corrected chi connectivity index (χ0v) is 19.6. The summed E-state index contributed by atoms with van der Waals surface area (Å²) in [6.07, 6.45) is 0.0700. The summed E-state index contributed by atoms with van der Waals surface area (Å²) in [5.41, 5.74) is 0.589. The van der Waals surface area contributed by atoms with E-state index < -0.39 is 40.5 Å². The predicted molar refractivity (Wildman–Crippen MR) is 82.1 cm³/mol. The van der Waals surface area contributed by atoms with E-state index in [9.17, 15) is 19.7 Å². The van der Waals surface area contributed by atoms with Crippen molar-refractivity contribution in [2.24, 2.45) is 0 Å². The van der Waals surface area contributed by atoms with Crippen molar-refractivity contribution in [3.8, 4) is 0 Å². The molecule has 2 aliphatic rings. The van der Waals surface area contributed by atoms with Gasteiger partial charge in [-0.15, -0.1) is 0 Å². The van der Waals surface area contributed by atoms with E-state index in [2.05, 4.69) is 0 Å². The van der Waals surface area contributed by atoms with Crippen LogP contribution in [0.15, 0.2) is 24.3 Å². The molecule has 2 saturated heterocycles. The van der Waals surface area contributed by atoms with Gasteiger partial charge < -0.3 is 0 Å². The number of esters is 1. The maximum absolute atomic E-state index is 12.4. The summed E-state index contributed by atoms with van der Waals surface area (Å²) in [6, 6.07) is 5.77. The molecular weight excluding hydrogens is 540 g/mol. The molecule has 0 bridgehead atoms. The fourth-order valence-electron chi connectivity index (χ4n) is 3.04. The van der Waals surface area contributed by atoms with Crippen LogP contribution in [0.2, 0.25) is 3.93 Å². The van der Waals surface area contributed by atoms with Crippen LogP contribution < -0.4 is 0 Å². The normalized spacial score (nSPS) is 24.8. The van der Waals surface area contributed by atoms with Crippen molar-refractivity contribution in [2.45, 2.75) is 41.8 Å². The first-order valence-electron chi connectivity index (χ1n) is 7.92. The van der Waals surface area contributed by atoms with E-state index >= 15 is 0 Å². The van der Waals surface area contributed by atoms with E-state index in [0.29, 0.717) is 12.0 Å². The molecule has 130 valence electrons. The molecule has 0 aliphatic carbocycles. The summed E-state index contributed by atoms with van der Waals surface area (Å²) in [5, 5.41) is 10.6. The number of carbonyl (C=O) groups is 2. The third kappa shape index (κ3) is 4.12. The van der Waals surface area contributed by atoms with Crippen molar-refractivity contribution in [2.75, 3.05) is 0 Å². The van der Waals surface area contributed by atoms with E-state index in [-0.39, 0.29) is 30.3 Å². The molecule has 25 heavy (non-hydrogen) atoms. The molecule has 3 atom stereocenters. The number of nitro groups is 1. The fourth-order valence-corrected chi connectivity index (χ4v) is 7.57. The van der Waals surface area contributed by atoms with Crippen molar-refractivity contribution in [3.05, 3.63) is 39.9 Å². The average Bonchev–Trinajstić information content (AvgIpc) is 2.59.